The fourth-order valence-electron chi connectivity index (χ4n) is 1.24. The normalized spacial score (nSPS) is 15.3. The first-order valence-corrected chi connectivity index (χ1v) is 6.08. The average molecular weight is 238 g/mol. The van der Waals surface area contributed by atoms with Crippen LogP contribution in [0.1, 0.15) is 16.2 Å². The number of rotatable bonds is 4. The van der Waals surface area contributed by atoms with Gasteiger partial charge in [0.1, 0.15) is 6.10 Å². The van der Waals surface area contributed by atoms with E-state index in [0.717, 1.165) is 4.88 Å². The van der Waals surface area contributed by atoms with E-state index in [1.165, 1.54) is 4.88 Å². The highest BCUT2D eigenvalue weighted by molar-refractivity contribution is 7.12. The van der Waals surface area contributed by atoms with Crippen molar-refractivity contribution in [1.29, 1.82) is 0 Å². The van der Waals surface area contributed by atoms with Crippen LogP contribution < -0.4 is 0 Å². The molecule has 16 heavy (non-hydrogen) atoms. The van der Waals surface area contributed by atoms with Crippen LogP contribution in [-0.4, -0.2) is 31.0 Å². The number of hydrogen-bond acceptors (Lipinski definition) is 4. The lowest BCUT2D eigenvalue weighted by atomic mass is 10.3. The maximum absolute atomic E-state index is 8.60. The average Bonchev–Trinajstić information content (AvgIpc) is 2.64. The fourth-order valence-corrected chi connectivity index (χ4v) is 2.04. The Hall–Kier alpha value is -0.860. The Morgan fingerprint density at radius 2 is 2.38 bits per heavy atom. The number of ether oxygens (including phenoxy) is 2. The second-order valence-corrected chi connectivity index (χ2v) is 4.68. The molecular weight excluding hydrogens is 224 g/mol. The van der Waals surface area contributed by atoms with Gasteiger partial charge >= 0.3 is 0 Å². The van der Waals surface area contributed by atoms with Crippen LogP contribution in [0.3, 0.4) is 0 Å². The molecule has 2 rings (SSSR count). The van der Waals surface area contributed by atoms with Crippen LogP contribution in [0.5, 0.6) is 0 Å². The standard InChI is InChI=1S/C12H14O3S/c13-6-2-1-3-11-4-5-12(16-11)9-15-10-7-14-8-10/h4-5,10,13H,2,6-9H2. The highest BCUT2D eigenvalue weighted by Crippen LogP contribution is 2.18. The van der Waals surface area contributed by atoms with Crippen LogP contribution in [-0.2, 0) is 16.1 Å². The summed E-state index contributed by atoms with van der Waals surface area (Å²) in [4.78, 5) is 2.21. The van der Waals surface area contributed by atoms with Crippen LogP contribution in [0.4, 0.5) is 0 Å². The first-order valence-electron chi connectivity index (χ1n) is 5.26. The van der Waals surface area contributed by atoms with E-state index in [9.17, 15) is 0 Å². The van der Waals surface area contributed by atoms with Crippen molar-refractivity contribution in [2.75, 3.05) is 19.8 Å². The first-order chi connectivity index (χ1) is 7.88. The molecule has 3 nitrogen and oxygen atoms in total. The van der Waals surface area contributed by atoms with E-state index < -0.39 is 0 Å². The quantitative estimate of drug-likeness (QED) is 0.806. The van der Waals surface area contributed by atoms with Gasteiger partial charge in [-0.15, -0.1) is 11.3 Å². The van der Waals surface area contributed by atoms with Crippen LogP contribution in [0.15, 0.2) is 12.1 Å². The van der Waals surface area contributed by atoms with Crippen molar-refractivity contribution < 1.29 is 14.6 Å². The van der Waals surface area contributed by atoms with Gasteiger partial charge in [-0.2, -0.15) is 0 Å². The summed E-state index contributed by atoms with van der Waals surface area (Å²) >= 11 is 1.64. The Morgan fingerprint density at radius 1 is 1.50 bits per heavy atom. The molecule has 2 heterocycles. The molecule has 0 saturated carbocycles. The second-order valence-electron chi connectivity index (χ2n) is 3.51. The number of aliphatic hydroxyl groups is 1. The van der Waals surface area contributed by atoms with Crippen LogP contribution >= 0.6 is 11.3 Å². The zero-order chi connectivity index (χ0) is 11.2. The summed E-state index contributed by atoms with van der Waals surface area (Å²) in [5.41, 5.74) is 0. The number of thiophene rings is 1. The summed E-state index contributed by atoms with van der Waals surface area (Å²) in [6, 6.07) is 4.03. The summed E-state index contributed by atoms with van der Waals surface area (Å²) in [5, 5.41) is 8.60. The van der Waals surface area contributed by atoms with Gasteiger partial charge in [0, 0.05) is 11.3 Å². The predicted octanol–water partition coefficient (Wildman–Crippen LogP) is 1.40. The van der Waals surface area contributed by atoms with Gasteiger partial charge in [-0.05, 0) is 12.1 Å². The Kier molecular flexibility index (Phi) is 4.37. The molecule has 0 unspecified atom stereocenters. The third-order valence-electron chi connectivity index (χ3n) is 2.18. The van der Waals surface area contributed by atoms with E-state index in [4.69, 9.17) is 14.6 Å². The third kappa shape index (κ3) is 3.32. The Balaban J connectivity index is 1.80. The van der Waals surface area contributed by atoms with E-state index in [2.05, 4.69) is 11.8 Å². The van der Waals surface area contributed by atoms with Gasteiger partial charge in [0.15, 0.2) is 0 Å². The van der Waals surface area contributed by atoms with Gasteiger partial charge in [0.25, 0.3) is 0 Å². The Labute approximate surface area is 99.0 Å². The van der Waals surface area contributed by atoms with Gasteiger partial charge < -0.3 is 14.6 Å². The lowest BCUT2D eigenvalue weighted by Crippen LogP contribution is -2.35. The summed E-state index contributed by atoms with van der Waals surface area (Å²) in [6.07, 6.45) is 0.800. The summed E-state index contributed by atoms with van der Waals surface area (Å²) < 4.78 is 10.6. The van der Waals surface area contributed by atoms with Crippen molar-refractivity contribution >= 4 is 11.3 Å². The highest BCUT2D eigenvalue weighted by atomic mass is 32.1. The van der Waals surface area contributed by atoms with Crippen molar-refractivity contribution in [2.24, 2.45) is 0 Å². The zero-order valence-electron chi connectivity index (χ0n) is 8.94. The molecular formula is C12H14O3S. The molecule has 4 heteroatoms. The maximum atomic E-state index is 8.60. The molecule has 1 fully saturated rings. The van der Waals surface area contributed by atoms with Crippen LogP contribution in [0.25, 0.3) is 0 Å². The van der Waals surface area contributed by atoms with Crippen molar-refractivity contribution in [2.45, 2.75) is 19.1 Å². The minimum atomic E-state index is 0.121. The molecule has 1 aromatic heterocycles. The molecule has 86 valence electrons. The van der Waals surface area contributed by atoms with Crippen LogP contribution in [0, 0.1) is 11.8 Å². The molecule has 0 bridgehead atoms. The molecule has 1 aliphatic heterocycles. The molecule has 0 atom stereocenters. The SMILES string of the molecule is OCCC#Cc1ccc(COC2COC2)s1. The zero-order valence-corrected chi connectivity index (χ0v) is 9.76. The lowest BCUT2D eigenvalue weighted by Gasteiger charge is -2.25. The summed E-state index contributed by atoms with van der Waals surface area (Å²) in [6.45, 7) is 2.19. The van der Waals surface area contributed by atoms with Crippen molar-refractivity contribution in [3.8, 4) is 11.8 Å². The molecule has 1 saturated heterocycles. The van der Waals surface area contributed by atoms with E-state index in [1.54, 1.807) is 11.3 Å². The van der Waals surface area contributed by atoms with Crippen LogP contribution in [0.2, 0.25) is 0 Å². The van der Waals surface area contributed by atoms with Crippen molar-refractivity contribution in [3.05, 3.63) is 21.9 Å². The van der Waals surface area contributed by atoms with Gasteiger partial charge in [0.05, 0.1) is 31.3 Å². The molecule has 0 spiro atoms. The fraction of sp³-hybridized carbons (Fsp3) is 0.500. The smallest absolute Gasteiger partial charge is 0.105 e. The minimum Gasteiger partial charge on any atom is -0.395 e. The van der Waals surface area contributed by atoms with Gasteiger partial charge in [0.2, 0.25) is 0 Å². The Bertz CT molecular complexity index is 384. The highest BCUT2D eigenvalue weighted by Gasteiger charge is 2.18. The lowest BCUT2D eigenvalue weighted by molar-refractivity contribution is -0.134. The molecule has 1 aliphatic rings. The maximum Gasteiger partial charge on any atom is 0.105 e. The van der Waals surface area contributed by atoms with Gasteiger partial charge in [-0.25, -0.2) is 0 Å². The molecule has 0 radical (unpaired) electrons. The van der Waals surface area contributed by atoms with Crippen molar-refractivity contribution in [1.82, 2.24) is 0 Å². The molecule has 1 N–H and O–H groups in total. The second kappa shape index (κ2) is 6.02. The summed E-state index contributed by atoms with van der Waals surface area (Å²) in [7, 11) is 0. The molecule has 0 amide bonds. The predicted molar refractivity (Wildman–Crippen MR) is 62.3 cm³/mol. The third-order valence-corrected chi connectivity index (χ3v) is 3.15. The van der Waals surface area contributed by atoms with E-state index >= 15 is 0 Å². The largest absolute Gasteiger partial charge is 0.395 e. The number of aliphatic hydroxyl groups excluding tert-OH is 1. The molecule has 1 aromatic rings. The topological polar surface area (TPSA) is 38.7 Å². The van der Waals surface area contributed by atoms with Gasteiger partial charge in [-0.3, -0.25) is 0 Å². The number of hydrogen-bond donors (Lipinski definition) is 1. The Morgan fingerprint density at radius 3 is 3.06 bits per heavy atom. The summed E-state index contributed by atoms with van der Waals surface area (Å²) in [5.74, 6) is 5.91. The van der Waals surface area contributed by atoms with E-state index in [1.807, 2.05) is 12.1 Å². The molecule has 0 aliphatic carbocycles. The first kappa shape index (κ1) is 11.6. The van der Waals surface area contributed by atoms with Gasteiger partial charge in [-0.1, -0.05) is 11.8 Å². The van der Waals surface area contributed by atoms with Crippen molar-refractivity contribution in [3.63, 3.8) is 0 Å². The minimum absolute atomic E-state index is 0.121. The van der Waals surface area contributed by atoms with E-state index in [0.29, 0.717) is 26.2 Å². The molecule has 0 aromatic carbocycles. The monoisotopic (exact) mass is 238 g/mol. The van der Waals surface area contributed by atoms with E-state index in [-0.39, 0.29) is 12.7 Å².